The van der Waals surface area contributed by atoms with Crippen molar-refractivity contribution in [2.24, 2.45) is 0 Å². The molecule has 2 atom stereocenters. The molecule has 0 radical (unpaired) electrons. The van der Waals surface area contributed by atoms with E-state index in [1.54, 1.807) is 0 Å². The molecular weight excluding hydrogens is 235 g/mol. The summed E-state index contributed by atoms with van der Waals surface area (Å²) in [6.07, 6.45) is 11.1. The molecule has 0 aliphatic heterocycles. The minimum atomic E-state index is 0.425. The van der Waals surface area contributed by atoms with Gasteiger partial charge in [-0.05, 0) is 28.3 Å². The monoisotopic (exact) mass is 250 g/mol. The lowest BCUT2D eigenvalue weighted by atomic mass is 10.0. The van der Waals surface area contributed by atoms with Crippen molar-refractivity contribution in [2.45, 2.75) is 5.92 Å². The molecule has 2 unspecified atom stereocenters. The Hall–Kier alpha value is -1.78. The molecule has 18 heavy (non-hydrogen) atoms. The topological polar surface area (TPSA) is 0 Å². The summed E-state index contributed by atoms with van der Waals surface area (Å²) < 4.78 is 0. The van der Waals surface area contributed by atoms with Gasteiger partial charge in [0.25, 0.3) is 0 Å². The van der Waals surface area contributed by atoms with Gasteiger partial charge in [-0.15, -0.1) is 8.19 Å². The number of benzene rings is 1. The van der Waals surface area contributed by atoms with Gasteiger partial charge in [0, 0.05) is 5.92 Å². The van der Waals surface area contributed by atoms with E-state index in [1.807, 2.05) is 0 Å². The maximum Gasteiger partial charge on any atom is 0.0208 e. The van der Waals surface area contributed by atoms with Crippen LogP contribution in [0, 0.1) is 0 Å². The first-order chi connectivity index (χ1) is 8.93. The Labute approximate surface area is 109 Å². The van der Waals surface area contributed by atoms with E-state index >= 15 is 0 Å². The van der Waals surface area contributed by atoms with E-state index in [-0.39, 0.29) is 0 Å². The Morgan fingerprint density at radius 3 is 2.61 bits per heavy atom. The fourth-order valence-corrected chi connectivity index (χ4v) is 3.06. The Kier molecular flexibility index (Phi) is 3.30. The summed E-state index contributed by atoms with van der Waals surface area (Å²) in [5.74, 6) is 4.99. The minimum absolute atomic E-state index is 0.425. The fourth-order valence-electron chi connectivity index (χ4n) is 2.20. The third kappa shape index (κ3) is 2.39. The normalized spacial score (nSPS) is 18.9. The molecule has 2 aromatic rings. The van der Waals surface area contributed by atoms with Crippen LogP contribution in [0.25, 0.3) is 5.57 Å². The standard InChI is InChI=1S/C17H15P/c1-2-5-14(6-3-1)15-7-4-8-16(10-9-15)17-11-12-18-13-17/h1-13,16,18H. The molecular formula is C17H15P. The Bertz CT molecular complexity index is 586. The number of rotatable bonds is 2. The van der Waals surface area contributed by atoms with Gasteiger partial charge in [-0.2, -0.15) is 0 Å². The van der Waals surface area contributed by atoms with Crippen molar-refractivity contribution < 1.29 is 0 Å². The quantitative estimate of drug-likeness (QED) is 0.702. The molecule has 3 rings (SSSR count). The molecule has 0 bridgehead atoms. The third-order valence-corrected chi connectivity index (χ3v) is 4.05. The van der Waals surface area contributed by atoms with Gasteiger partial charge >= 0.3 is 0 Å². The van der Waals surface area contributed by atoms with Gasteiger partial charge in [-0.3, -0.25) is 0 Å². The SMILES string of the molecule is C1=CC(c2cc[pH]c2)C=CC(c2ccccc2)=C1. The smallest absolute Gasteiger partial charge is 0.0208 e. The summed E-state index contributed by atoms with van der Waals surface area (Å²) in [5.41, 5.74) is 3.97. The average Bonchev–Trinajstić information content (AvgIpc) is 2.84. The summed E-state index contributed by atoms with van der Waals surface area (Å²) in [5, 5.41) is 0. The highest BCUT2D eigenvalue weighted by molar-refractivity contribution is 7.28. The summed E-state index contributed by atoms with van der Waals surface area (Å²) in [4.78, 5) is 0. The van der Waals surface area contributed by atoms with Gasteiger partial charge in [-0.25, -0.2) is 0 Å². The molecule has 0 amide bonds. The van der Waals surface area contributed by atoms with Gasteiger partial charge < -0.3 is 0 Å². The van der Waals surface area contributed by atoms with E-state index in [0.717, 1.165) is 8.19 Å². The van der Waals surface area contributed by atoms with Crippen LogP contribution >= 0.6 is 8.19 Å². The van der Waals surface area contributed by atoms with Crippen LogP contribution in [0.2, 0.25) is 0 Å². The molecule has 0 saturated heterocycles. The highest BCUT2D eigenvalue weighted by atomic mass is 31.0. The zero-order valence-electron chi connectivity index (χ0n) is 10.1. The number of allylic oxidation sites excluding steroid dienone is 6. The predicted molar refractivity (Wildman–Crippen MR) is 81.4 cm³/mol. The van der Waals surface area contributed by atoms with E-state index in [0.29, 0.717) is 5.92 Å². The van der Waals surface area contributed by atoms with Crippen molar-refractivity contribution in [2.75, 3.05) is 0 Å². The lowest BCUT2D eigenvalue weighted by Crippen LogP contribution is -1.86. The average molecular weight is 250 g/mol. The number of hydrogen-bond donors (Lipinski definition) is 0. The van der Waals surface area contributed by atoms with Crippen LogP contribution in [0.4, 0.5) is 0 Å². The van der Waals surface area contributed by atoms with Crippen LogP contribution in [0.15, 0.2) is 78.4 Å². The second-order valence-electron chi connectivity index (χ2n) is 4.40. The van der Waals surface area contributed by atoms with Crippen molar-refractivity contribution in [1.82, 2.24) is 0 Å². The van der Waals surface area contributed by atoms with Crippen LogP contribution in [-0.2, 0) is 0 Å². The molecule has 0 fully saturated rings. The first-order valence-electron chi connectivity index (χ1n) is 6.18. The maximum absolute atomic E-state index is 2.33. The molecule has 1 heteroatoms. The Morgan fingerprint density at radius 2 is 1.83 bits per heavy atom. The zero-order chi connectivity index (χ0) is 12.2. The van der Waals surface area contributed by atoms with E-state index in [9.17, 15) is 0 Å². The van der Waals surface area contributed by atoms with Crippen molar-refractivity contribution in [3.8, 4) is 0 Å². The third-order valence-electron chi connectivity index (χ3n) is 3.19. The van der Waals surface area contributed by atoms with Crippen molar-refractivity contribution in [1.29, 1.82) is 0 Å². The molecule has 88 valence electrons. The van der Waals surface area contributed by atoms with Gasteiger partial charge in [-0.1, -0.05) is 66.8 Å². The molecule has 1 aromatic heterocycles. The molecule has 0 N–H and O–H groups in total. The second-order valence-corrected chi connectivity index (χ2v) is 5.36. The van der Waals surface area contributed by atoms with Gasteiger partial charge in [0.2, 0.25) is 0 Å². The van der Waals surface area contributed by atoms with Crippen LogP contribution in [0.3, 0.4) is 0 Å². The number of hydrogen-bond acceptors (Lipinski definition) is 0. The summed E-state index contributed by atoms with van der Waals surface area (Å²) in [6, 6.07) is 12.8. The van der Waals surface area contributed by atoms with Crippen molar-refractivity contribution in [3.05, 3.63) is 89.5 Å². The highest BCUT2D eigenvalue weighted by Crippen LogP contribution is 2.27. The summed E-state index contributed by atoms with van der Waals surface area (Å²) in [6.45, 7) is 0. The van der Waals surface area contributed by atoms with Gasteiger partial charge in [0.1, 0.15) is 0 Å². The molecule has 0 nitrogen and oxygen atoms in total. The van der Waals surface area contributed by atoms with E-state index in [4.69, 9.17) is 0 Å². The van der Waals surface area contributed by atoms with Gasteiger partial charge in [0.05, 0.1) is 0 Å². The van der Waals surface area contributed by atoms with Crippen LogP contribution in [0.1, 0.15) is 17.0 Å². The predicted octanol–water partition coefficient (Wildman–Crippen LogP) is 5.01. The van der Waals surface area contributed by atoms with E-state index < -0.39 is 0 Å². The second kappa shape index (κ2) is 5.25. The minimum Gasteiger partial charge on any atom is -0.140 e. The van der Waals surface area contributed by atoms with Crippen LogP contribution < -0.4 is 0 Å². The summed E-state index contributed by atoms with van der Waals surface area (Å²) in [7, 11) is 0.850. The molecule has 0 saturated carbocycles. The van der Waals surface area contributed by atoms with Crippen molar-refractivity contribution in [3.63, 3.8) is 0 Å². The fraction of sp³-hybridized carbons (Fsp3) is 0.0588. The highest BCUT2D eigenvalue weighted by Gasteiger charge is 2.06. The maximum atomic E-state index is 2.33. The summed E-state index contributed by atoms with van der Waals surface area (Å²) >= 11 is 0. The van der Waals surface area contributed by atoms with E-state index in [2.05, 4.69) is 78.4 Å². The van der Waals surface area contributed by atoms with Crippen molar-refractivity contribution >= 4 is 13.8 Å². The molecule has 1 aliphatic rings. The first kappa shape index (κ1) is 11.3. The molecule has 1 aliphatic carbocycles. The lowest BCUT2D eigenvalue weighted by molar-refractivity contribution is 1.10. The molecule has 1 aromatic carbocycles. The van der Waals surface area contributed by atoms with Gasteiger partial charge in [0.15, 0.2) is 0 Å². The zero-order valence-corrected chi connectivity index (χ0v) is 11.1. The molecule has 1 heterocycles. The first-order valence-corrected chi connectivity index (χ1v) is 7.34. The Morgan fingerprint density at radius 1 is 0.944 bits per heavy atom. The van der Waals surface area contributed by atoms with Crippen LogP contribution in [0.5, 0.6) is 0 Å². The Balaban J connectivity index is 1.88. The largest absolute Gasteiger partial charge is 0.140 e. The lowest BCUT2D eigenvalue weighted by Gasteiger charge is -2.04. The van der Waals surface area contributed by atoms with Crippen LogP contribution in [-0.4, -0.2) is 0 Å². The van der Waals surface area contributed by atoms with E-state index in [1.165, 1.54) is 16.7 Å². The molecule has 0 spiro atoms.